The number of nitrogens with one attached hydrogen (secondary N) is 3. The Balaban J connectivity index is 1.35. The number of hydrogen-bond donors (Lipinski definition) is 3. The lowest BCUT2D eigenvalue weighted by Gasteiger charge is -2.37. The summed E-state index contributed by atoms with van der Waals surface area (Å²) in [5, 5.41) is 9.70. The monoisotopic (exact) mass is 398 g/mol. The number of amidine groups is 1. The summed E-state index contributed by atoms with van der Waals surface area (Å²) in [6.45, 7) is 4.09. The van der Waals surface area contributed by atoms with Crippen molar-refractivity contribution in [2.75, 3.05) is 7.11 Å². The molecule has 156 valence electrons. The van der Waals surface area contributed by atoms with Crippen LogP contribution in [0.3, 0.4) is 0 Å². The van der Waals surface area contributed by atoms with Crippen LogP contribution in [-0.4, -0.2) is 47.0 Å². The minimum atomic E-state index is 0.0726. The van der Waals surface area contributed by atoms with Gasteiger partial charge in [-0.05, 0) is 37.5 Å². The lowest BCUT2D eigenvalue weighted by atomic mass is 9.99. The van der Waals surface area contributed by atoms with Crippen molar-refractivity contribution in [1.82, 2.24) is 26.1 Å². The summed E-state index contributed by atoms with van der Waals surface area (Å²) in [5.41, 5.74) is 8.09. The molecule has 1 aromatic rings. The van der Waals surface area contributed by atoms with E-state index >= 15 is 0 Å². The highest BCUT2D eigenvalue weighted by atomic mass is 16.5. The number of benzene rings is 1. The molecule has 1 saturated heterocycles. The smallest absolute Gasteiger partial charge is 0.220 e. The Morgan fingerprint density at radius 1 is 1.34 bits per heavy atom. The topological polar surface area (TPSA) is 81.2 Å². The maximum absolute atomic E-state index is 12.1. The highest BCUT2D eigenvalue weighted by Crippen LogP contribution is 2.34. The zero-order valence-electron chi connectivity index (χ0n) is 17.3. The molecule has 4 unspecified atom stereocenters. The Bertz CT molecular complexity index is 793. The van der Waals surface area contributed by atoms with Crippen LogP contribution in [0.5, 0.6) is 5.75 Å². The highest BCUT2D eigenvalue weighted by molar-refractivity contribution is 5.89. The van der Waals surface area contributed by atoms with Crippen molar-refractivity contribution in [3.05, 3.63) is 42.2 Å². The molecule has 8 nitrogen and oxygen atoms in total. The van der Waals surface area contributed by atoms with Crippen LogP contribution in [0, 0.1) is 0 Å². The van der Waals surface area contributed by atoms with E-state index in [1.54, 1.807) is 7.11 Å². The summed E-state index contributed by atoms with van der Waals surface area (Å²) < 4.78 is 5.26. The normalized spacial score (nSPS) is 25.8. The zero-order valence-corrected chi connectivity index (χ0v) is 17.3. The van der Waals surface area contributed by atoms with Crippen LogP contribution in [0.15, 0.2) is 41.8 Å². The predicted octanol–water partition coefficient (Wildman–Crippen LogP) is 2.04. The average Bonchev–Trinajstić information content (AvgIpc) is 3.36. The molecule has 0 aliphatic carbocycles. The van der Waals surface area contributed by atoms with E-state index in [4.69, 9.17) is 4.74 Å². The molecule has 0 saturated carbocycles. The Morgan fingerprint density at radius 2 is 2.14 bits per heavy atom. The van der Waals surface area contributed by atoms with Gasteiger partial charge in [0.1, 0.15) is 17.8 Å². The van der Waals surface area contributed by atoms with Crippen molar-refractivity contribution in [1.29, 1.82) is 0 Å². The maximum atomic E-state index is 12.1. The lowest BCUT2D eigenvalue weighted by Crippen LogP contribution is -2.54. The number of carbonyl (C=O) groups excluding carboxylic acids is 1. The van der Waals surface area contributed by atoms with Crippen LogP contribution in [-0.2, 0) is 4.79 Å². The molecule has 1 amide bonds. The molecule has 1 fully saturated rings. The van der Waals surface area contributed by atoms with Gasteiger partial charge in [0.25, 0.3) is 0 Å². The number of fused-ring (bicyclic) bond motifs is 3. The van der Waals surface area contributed by atoms with Crippen molar-refractivity contribution >= 4 is 11.7 Å². The second-order valence-corrected chi connectivity index (χ2v) is 7.85. The number of amides is 1. The largest absolute Gasteiger partial charge is 0.497 e. The quantitative estimate of drug-likeness (QED) is 0.652. The van der Waals surface area contributed by atoms with Gasteiger partial charge in [-0.1, -0.05) is 19.1 Å². The summed E-state index contributed by atoms with van der Waals surface area (Å²) in [5.74, 6) is 1.86. The first kappa shape index (κ1) is 19.6. The third kappa shape index (κ3) is 4.03. The van der Waals surface area contributed by atoms with E-state index in [2.05, 4.69) is 56.4 Å². The number of nitrogens with zero attached hydrogens (tertiary/aromatic N) is 3. The Morgan fingerprint density at radius 3 is 2.86 bits per heavy atom. The SMILES string of the molecule is CCC(C)NC(=O)CCC1=NNC2C3CC(c4ccc(OC)cc4)NN3C=CN12. The summed E-state index contributed by atoms with van der Waals surface area (Å²) in [6.07, 6.45) is 7.14. The fourth-order valence-electron chi connectivity index (χ4n) is 4.04. The molecule has 3 heterocycles. The number of rotatable bonds is 7. The van der Waals surface area contributed by atoms with Crippen LogP contribution in [0.25, 0.3) is 0 Å². The number of hydrazine groups is 1. The average molecular weight is 399 g/mol. The molecule has 0 bridgehead atoms. The summed E-state index contributed by atoms with van der Waals surface area (Å²) in [6, 6.07) is 8.91. The third-order valence-electron chi connectivity index (χ3n) is 5.93. The molecule has 8 heteroatoms. The number of carbonyl (C=O) groups is 1. The van der Waals surface area contributed by atoms with Gasteiger partial charge < -0.3 is 20.0 Å². The number of hydrogen-bond acceptors (Lipinski definition) is 7. The van der Waals surface area contributed by atoms with Gasteiger partial charge >= 0.3 is 0 Å². The van der Waals surface area contributed by atoms with Gasteiger partial charge in [-0.3, -0.25) is 10.2 Å². The fraction of sp³-hybridized carbons (Fsp3) is 0.524. The summed E-state index contributed by atoms with van der Waals surface area (Å²) >= 11 is 0. The Kier molecular flexibility index (Phi) is 5.62. The van der Waals surface area contributed by atoms with Crippen molar-refractivity contribution in [3.63, 3.8) is 0 Å². The second-order valence-electron chi connectivity index (χ2n) is 7.85. The molecule has 3 aliphatic rings. The van der Waals surface area contributed by atoms with E-state index in [0.29, 0.717) is 12.8 Å². The second kappa shape index (κ2) is 8.32. The van der Waals surface area contributed by atoms with E-state index in [0.717, 1.165) is 24.4 Å². The van der Waals surface area contributed by atoms with Gasteiger partial charge in [-0.15, -0.1) is 0 Å². The lowest BCUT2D eigenvalue weighted by molar-refractivity contribution is -0.121. The molecule has 4 rings (SSSR count). The van der Waals surface area contributed by atoms with Crippen LogP contribution in [0.2, 0.25) is 0 Å². The molecule has 29 heavy (non-hydrogen) atoms. The first-order chi connectivity index (χ1) is 14.1. The first-order valence-corrected chi connectivity index (χ1v) is 10.4. The van der Waals surface area contributed by atoms with Crippen LogP contribution >= 0.6 is 0 Å². The van der Waals surface area contributed by atoms with Crippen molar-refractivity contribution < 1.29 is 9.53 Å². The molecular weight excluding hydrogens is 368 g/mol. The van der Waals surface area contributed by atoms with E-state index in [-0.39, 0.29) is 30.2 Å². The molecule has 3 aliphatic heterocycles. The van der Waals surface area contributed by atoms with E-state index < -0.39 is 0 Å². The molecule has 0 spiro atoms. The predicted molar refractivity (Wildman–Crippen MR) is 112 cm³/mol. The van der Waals surface area contributed by atoms with Gasteiger partial charge in [0, 0.05) is 31.3 Å². The summed E-state index contributed by atoms with van der Waals surface area (Å²) in [4.78, 5) is 14.3. The van der Waals surface area contributed by atoms with Crippen molar-refractivity contribution in [2.45, 2.75) is 63.8 Å². The fourth-order valence-corrected chi connectivity index (χ4v) is 4.04. The van der Waals surface area contributed by atoms with Crippen LogP contribution in [0.4, 0.5) is 0 Å². The Hall–Kier alpha value is -2.74. The van der Waals surface area contributed by atoms with E-state index in [1.807, 2.05) is 25.3 Å². The Labute approximate surface area is 171 Å². The first-order valence-electron chi connectivity index (χ1n) is 10.4. The molecule has 1 aromatic carbocycles. The maximum Gasteiger partial charge on any atom is 0.220 e. The number of hydrazone groups is 1. The standard InChI is InChI=1S/C21H30N6O2/c1-4-14(2)22-20(28)10-9-19-23-24-21-18-13-17(25-27(18)12-11-26(19)21)15-5-7-16(29-3)8-6-15/h5-8,11-12,14,17-18,21,24-25H,4,9-10,13H2,1-3H3,(H,22,28). The molecule has 0 aromatic heterocycles. The third-order valence-corrected chi connectivity index (χ3v) is 5.93. The summed E-state index contributed by atoms with van der Waals surface area (Å²) in [7, 11) is 1.68. The van der Waals surface area contributed by atoms with Crippen molar-refractivity contribution in [3.8, 4) is 5.75 Å². The van der Waals surface area contributed by atoms with Gasteiger partial charge in [0.15, 0.2) is 0 Å². The highest BCUT2D eigenvalue weighted by Gasteiger charge is 2.44. The number of ether oxygens (including phenoxy) is 1. The molecule has 4 atom stereocenters. The molecular formula is C21H30N6O2. The van der Waals surface area contributed by atoms with E-state index in [1.165, 1.54) is 5.56 Å². The van der Waals surface area contributed by atoms with Gasteiger partial charge in [0.2, 0.25) is 5.91 Å². The zero-order chi connectivity index (χ0) is 20.4. The minimum Gasteiger partial charge on any atom is -0.497 e. The molecule has 3 N–H and O–H groups in total. The number of methoxy groups -OCH3 is 1. The van der Waals surface area contributed by atoms with Gasteiger partial charge in [-0.25, -0.2) is 5.43 Å². The van der Waals surface area contributed by atoms with E-state index in [9.17, 15) is 4.79 Å². The van der Waals surface area contributed by atoms with Gasteiger partial charge in [0.05, 0.1) is 19.2 Å². The van der Waals surface area contributed by atoms with Crippen LogP contribution < -0.4 is 20.9 Å². The molecule has 0 radical (unpaired) electrons. The van der Waals surface area contributed by atoms with Crippen molar-refractivity contribution in [2.24, 2.45) is 5.10 Å². The van der Waals surface area contributed by atoms with Gasteiger partial charge in [-0.2, -0.15) is 5.10 Å². The minimum absolute atomic E-state index is 0.0726. The van der Waals surface area contributed by atoms with Crippen LogP contribution in [0.1, 0.15) is 51.1 Å².